The highest BCUT2D eigenvalue weighted by molar-refractivity contribution is 6.30. The van der Waals surface area contributed by atoms with Crippen molar-refractivity contribution >= 4 is 29.4 Å². The molecule has 2 aliphatic rings. The Morgan fingerprint density at radius 3 is 2.75 bits per heavy atom. The summed E-state index contributed by atoms with van der Waals surface area (Å²) in [5.74, 6) is -0.926. The first-order chi connectivity index (χ1) is 11.5. The van der Waals surface area contributed by atoms with Crippen LogP contribution in [-0.4, -0.2) is 41.9 Å². The molecule has 1 saturated heterocycles. The van der Waals surface area contributed by atoms with Gasteiger partial charge >= 0.3 is 6.03 Å². The van der Waals surface area contributed by atoms with Crippen LogP contribution >= 0.6 is 11.6 Å². The van der Waals surface area contributed by atoms with E-state index in [4.69, 9.17) is 11.6 Å². The molecule has 0 aromatic heterocycles. The first kappa shape index (κ1) is 16.7. The molecular formula is C16H17ClFN3O3. The summed E-state index contributed by atoms with van der Waals surface area (Å²) in [5, 5.41) is 4.70. The van der Waals surface area contributed by atoms with Gasteiger partial charge in [0.2, 0.25) is 5.91 Å². The number of nitrogens with zero attached hydrogens (tertiary/aromatic N) is 1. The molecule has 128 valence electrons. The van der Waals surface area contributed by atoms with Crippen LogP contribution in [0.2, 0.25) is 5.02 Å². The standard InChI is InChI=1S/C16H17ClFN3O3/c17-11-2-1-9-5-7-21(8-6-10(9)14(11)18)13(22)4-3-12-15(23)20-16(24)19-12/h1-2,12H,3-8H2,(H2,19,20,23,24). The summed E-state index contributed by atoms with van der Waals surface area (Å²) in [5.41, 5.74) is 1.44. The maximum atomic E-state index is 14.1. The molecule has 2 aliphatic heterocycles. The quantitative estimate of drug-likeness (QED) is 0.806. The van der Waals surface area contributed by atoms with E-state index in [9.17, 15) is 18.8 Å². The third-order valence-corrected chi connectivity index (χ3v) is 4.73. The van der Waals surface area contributed by atoms with Gasteiger partial charge in [-0.05, 0) is 36.5 Å². The molecule has 0 radical (unpaired) electrons. The Kier molecular flexibility index (Phi) is 4.71. The summed E-state index contributed by atoms with van der Waals surface area (Å²) in [6.07, 6.45) is 1.38. The van der Waals surface area contributed by atoms with Gasteiger partial charge in [0.05, 0.1) is 5.02 Å². The third-order valence-electron chi connectivity index (χ3n) is 4.43. The van der Waals surface area contributed by atoms with E-state index in [1.54, 1.807) is 11.0 Å². The van der Waals surface area contributed by atoms with E-state index in [1.807, 2.05) is 0 Å². The fraction of sp³-hybridized carbons (Fsp3) is 0.438. The molecule has 1 fully saturated rings. The number of carbonyl (C=O) groups is 3. The SMILES string of the molecule is O=C1NC(=O)C(CCC(=O)N2CCc3ccc(Cl)c(F)c3CC2)N1. The van der Waals surface area contributed by atoms with Crippen molar-refractivity contribution in [2.45, 2.75) is 31.7 Å². The Bertz CT molecular complexity index is 710. The van der Waals surface area contributed by atoms with Crippen molar-refractivity contribution < 1.29 is 18.8 Å². The monoisotopic (exact) mass is 353 g/mol. The second-order valence-corrected chi connectivity index (χ2v) is 6.34. The molecule has 24 heavy (non-hydrogen) atoms. The van der Waals surface area contributed by atoms with Crippen LogP contribution in [0, 0.1) is 5.82 Å². The van der Waals surface area contributed by atoms with E-state index in [-0.39, 0.29) is 23.8 Å². The molecular weight excluding hydrogens is 337 g/mol. The maximum absolute atomic E-state index is 14.1. The molecule has 4 amide bonds. The minimum atomic E-state index is -0.665. The molecule has 0 aliphatic carbocycles. The first-order valence-electron chi connectivity index (χ1n) is 7.80. The molecule has 2 heterocycles. The van der Waals surface area contributed by atoms with Gasteiger partial charge in [-0.2, -0.15) is 0 Å². The fourth-order valence-corrected chi connectivity index (χ4v) is 3.27. The van der Waals surface area contributed by atoms with Crippen LogP contribution in [0.1, 0.15) is 24.0 Å². The van der Waals surface area contributed by atoms with Crippen molar-refractivity contribution in [3.05, 3.63) is 34.1 Å². The van der Waals surface area contributed by atoms with E-state index in [0.717, 1.165) is 5.56 Å². The number of rotatable bonds is 3. The molecule has 1 atom stereocenters. The number of imide groups is 1. The van der Waals surface area contributed by atoms with Gasteiger partial charge in [-0.3, -0.25) is 14.9 Å². The molecule has 8 heteroatoms. The van der Waals surface area contributed by atoms with Crippen molar-refractivity contribution in [3.8, 4) is 0 Å². The summed E-state index contributed by atoms with van der Waals surface area (Å²) in [4.78, 5) is 36.6. The van der Waals surface area contributed by atoms with E-state index >= 15 is 0 Å². The van der Waals surface area contributed by atoms with E-state index in [2.05, 4.69) is 10.6 Å². The molecule has 1 unspecified atom stereocenters. The highest BCUT2D eigenvalue weighted by Gasteiger charge is 2.30. The van der Waals surface area contributed by atoms with Crippen molar-refractivity contribution in [2.24, 2.45) is 0 Å². The lowest BCUT2D eigenvalue weighted by atomic mass is 10.0. The van der Waals surface area contributed by atoms with Gasteiger partial charge in [-0.25, -0.2) is 9.18 Å². The molecule has 0 spiro atoms. The lowest BCUT2D eigenvalue weighted by Crippen LogP contribution is -2.36. The largest absolute Gasteiger partial charge is 0.342 e. The zero-order valence-electron chi connectivity index (χ0n) is 12.9. The second-order valence-electron chi connectivity index (χ2n) is 5.93. The van der Waals surface area contributed by atoms with Crippen molar-refractivity contribution in [2.75, 3.05) is 13.1 Å². The summed E-state index contributed by atoms with van der Waals surface area (Å²) in [6, 6.07) is 2.14. The number of carbonyl (C=O) groups excluding carboxylic acids is 3. The number of amides is 4. The minimum absolute atomic E-state index is 0.0940. The highest BCUT2D eigenvalue weighted by atomic mass is 35.5. The lowest BCUT2D eigenvalue weighted by Gasteiger charge is -2.20. The number of benzene rings is 1. The van der Waals surface area contributed by atoms with Crippen LogP contribution in [-0.2, 0) is 22.4 Å². The van der Waals surface area contributed by atoms with E-state index < -0.39 is 23.8 Å². The van der Waals surface area contributed by atoms with Gasteiger partial charge in [-0.15, -0.1) is 0 Å². The van der Waals surface area contributed by atoms with Gasteiger partial charge in [0.15, 0.2) is 0 Å². The van der Waals surface area contributed by atoms with Crippen molar-refractivity contribution in [1.29, 1.82) is 0 Å². The van der Waals surface area contributed by atoms with E-state index in [0.29, 0.717) is 31.5 Å². The minimum Gasteiger partial charge on any atom is -0.342 e. The highest BCUT2D eigenvalue weighted by Crippen LogP contribution is 2.25. The fourth-order valence-electron chi connectivity index (χ4n) is 3.09. The number of hydrogen-bond donors (Lipinski definition) is 2. The molecule has 1 aromatic carbocycles. The van der Waals surface area contributed by atoms with E-state index in [1.165, 1.54) is 6.07 Å². The van der Waals surface area contributed by atoms with Crippen LogP contribution < -0.4 is 10.6 Å². The predicted molar refractivity (Wildman–Crippen MR) is 85.1 cm³/mol. The first-order valence-corrected chi connectivity index (χ1v) is 8.18. The summed E-state index contributed by atoms with van der Waals surface area (Å²) < 4.78 is 14.1. The smallest absolute Gasteiger partial charge is 0.322 e. The third kappa shape index (κ3) is 3.36. The second kappa shape index (κ2) is 6.76. The molecule has 0 saturated carbocycles. The summed E-state index contributed by atoms with van der Waals surface area (Å²) in [6.45, 7) is 0.905. The van der Waals surface area contributed by atoms with Crippen molar-refractivity contribution in [3.63, 3.8) is 0 Å². The topological polar surface area (TPSA) is 78.5 Å². The number of halogens is 2. The lowest BCUT2D eigenvalue weighted by molar-refractivity contribution is -0.131. The zero-order valence-corrected chi connectivity index (χ0v) is 13.7. The summed E-state index contributed by atoms with van der Waals surface area (Å²) in [7, 11) is 0. The Balaban J connectivity index is 1.59. The Morgan fingerprint density at radius 1 is 1.29 bits per heavy atom. The average molecular weight is 354 g/mol. The Hall–Kier alpha value is -2.15. The molecule has 1 aromatic rings. The van der Waals surface area contributed by atoms with Crippen LogP contribution in [0.3, 0.4) is 0 Å². The van der Waals surface area contributed by atoms with Gasteiger partial charge < -0.3 is 10.2 Å². The predicted octanol–water partition coefficient (Wildman–Crippen LogP) is 1.39. The van der Waals surface area contributed by atoms with Gasteiger partial charge in [0, 0.05) is 19.5 Å². The molecule has 6 nitrogen and oxygen atoms in total. The van der Waals surface area contributed by atoms with Gasteiger partial charge in [0.25, 0.3) is 5.91 Å². The number of urea groups is 1. The van der Waals surface area contributed by atoms with Gasteiger partial charge in [0.1, 0.15) is 11.9 Å². The number of fused-ring (bicyclic) bond motifs is 1. The normalized spacial score (nSPS) is 20.2. The summed E-state index contributed by atoms with van der Waals surface area (Å²) >= 11 is 5.82. The Labute approximate surface area is 143 Å². The average Bonchev–Trinajstić information content (AvgIpc) is 2.74. The van der Waals surface area contributed by atoms with Crippen molar-refractivity contribution in [1.82, 2.24) is 15.5 Å². The zero-order chi connectivity index (χ0) is 17.3. The molecule has 2 N–H and O–H groups in total. The maximum Gasteiger partial charge on any atom is 0.322 e. The van der Waals surface area contributed by atoms with Crippen LogP contribution in [0.15, 0.2) is 12.1 Å². The van der Waals surface area contributed by atoms with Crippen LogP contribution in [0.5, 0.6) is 0 Å². The van der Waals surface area contributed by atoms with Gasteiger partial charge in [-0.1, -0.05) is 17.7 Å². The molecule has 0 bridgehead atoms. The van der Waals surface area contributed by atoms with Crippen LogP contribution in [0.25, 0.3) is 0 Å². The molecule has 3 rings (SSSR count). The number of nitrogens with one attached hydrogen (secondary N) is 2. The Morgan fingerprint density at radius 2 is 2.04 bits per heavy atom. The van der Waals surface area contributed by atoms with Crippen LogP contribution in [0.4, 0.5) is 9.18 Å². The number of hydrogen-bond acceptors (Lipinski definition) is 3.